The van der Waals surface area contributed by atoms with Crippen LogP contribution in [-0.4, -0.2) is 28.8 Å². The smallest absolute Gasteiger partial charge is 0.0610 e. The minimum atomic E-state index is 0.0294. The summed E-state index contributed by atoms with van der Waals surface area (Å²) in [5.41, 5.74) is 0.0587. The highest BCUT2D eigenvalue weighted by Gasteiger charge is 2.44. The molecule has 2 N–H and O–H groups in total. The zero-order chi connectivity index (χ0) is 11.0. The highest BCUT2D eigenvalue weighted by atomic mass is 16.5. The molecule has 1 aliphatic rings. The van der Waals surface area contributed by atoms with E-state index in [2.05, 4.69) is 34.6 Å². The number of nitrogens with two attached hydrogens (primary N) is 1. The molecule has 0 bridgehead atoms. The van der Waals surface area contributed by atoms with E-state index in [1.54, 1.807) is 0 Å². The van der Waals surface area contributed by atoms with Crippen LogP contribution in [-0.2, 0) is 4.74 Å². The van der Waals surface area contributed by atoms with Crippen molar-refractivity contribution in [3.63, 3.8) is 0 Å². The molecule has 0 aromatic rings. The van der Waals surface area contributed by atoms with E-state index in [-0.39, 0.29) is 11.1 Å². The molecule has 0 aliphatic carbocycles. The van der Waals surface area contributed by atoms with Crippen molar-refractivity contribution in [2.45, 2.75) is 64.6 Å². The first kappa shape index (κ1) is 12.0. The average molecular weight is 200 g/mol. The van der Waals surface area contributed by atoms with Crippen molar-refractivity contribution in [2.75, 3.05) is 6.61 Å². The molecule has 1 saturated heterocycles. The van der Waals surface area contributed by atoms with Gasteiger partial charge in [-0.3, -0.25) is 5.84 Å². The Morgan fingerprint density at radius 2 is 1.64 bits per heavy atom. The minimum Gasteiger partial charge on any atom is -0.378 e. The van der Waals surface area contributed by atoms with Crippen molar-refractivity contribution < 1.29 is 4.74 Å². The molecule has 0 radical (unpaired) electrons. The third kappa shape index (κ3) is 2.27. The Labute approximate surface area is 87.6 Å². The highest BCUT2D eigenvalue weighted by Crippen LogP contribution is 2.36. The van der Waals surface area contributed by atoms with Crippen LogP contribution in [0.2, 0.25) is 0 Å². The van der Waals surface area contributed by atoms with Gasteiger partial charge in [-0.1, -0.05) is 0 Å². The lowest BCUT2D eigenvalue weighted by molar-refractivity contribution is -0.103. The maximum atomic E-state index is 6.13. The van der Waals surface area contributed by atoms with E-state index >= 15 is 0 Å². The molecule has 1 aliphatic heterocycles. The van der Waals surface area contributed by atoms with E-state index in [0.29, 0.717) is 6.10 Å². The standard InChI is InChI=1S/C11H24N2O/c1-6-14-9-7-10(2,3)13(12)11(4,5)8-9/h9H,6-8,12H2,1-5H3. The van der Waals surface area contributed by atoms with E-state index in [0.717, 1.165) is 19.4 Å². The molecule has 1 rings (SSSR count). The van der Waals surface area contributed by atoms with Crippen LogP contribution in [0.25, 0.3) is 0 Å². The van der Waals surface area contributed by atoms with Gasteiger partial charge in [0, 0.05) is 17.7 Å². The van der Waals surface area contributed by atoms with Gasteiger partial charge in [0.05, 0.1) is 6.10 Å². The first-order valence-electron chi connectivity index (χ1n) is 5.46. The molecule has 84 valence electrons. The topological polar surface area (TPSA) is 38.5 Å². The van der Waals surface area contributed by atoms with E-state index in [1.165, 1.54) is 0 Å². The fourth-order valence-electron chi connectivity index (χ4n) is 2.56. The van der Waals surface area contributed by atoms with Crippen molar-refractivity contribution in [1.29, 1.82) is 0 Å². The zero-order valence-corrected chi connectivity index (χ0v) is 10.1. The lowest BCUT2D eigenvalue weighted by Gasteiger charge is -2.52. The van der Waals surface area contributed by atoms with Crippen LogP contribution in [0.15, 0.2) is 0 Å². The van der Waals surface area contributed by atoms with Gasteiger partial charge in [0.15, 0.2) is 0 Å². The molecule has 14 heavy (non-hydrogen) atoms. The van der Waals surface area contributed by atoms with Gasteiger partial charge in [0.25, 0.3) is 0 Å². The van der Waals surface area contributed by atoms with Gasteiger partial charge in [-0.05, 0) is 47.5 Å². The van der Waals surface area contributed by atoms with Crippen LogP contribution in [0, 0.1) is 0 Å². The molecule has 1 heterocycles. The molecule has 3 nitrogen and oxygen atoms in total. The number of piperidine rings is 1. The maximum Gasteiger partial charge on any atom is 0.0610 e. The molecule has 0 aromatic heterocycles. The Morgan fingerprint density at radius 1 is 1.21 bits per heavy atom. The predicted octanol–water partition coefficient (Wildman–Crippen LogP) is 1.92. The fourth-order valence-corrected chi connectivity index (χ4v) is 2.56. The zero-order valence-electron chi connectivity index (χ0n) is 10.1. The number of hydrazine groups is 1. The number of hydrogen-bond donors (Lipinski definition) is 1. The highest BCUT2D eigenvalue weighted by molar-refractivity contribution is 4.97. The van der Waals surface area contributed by atoms with Crippen LogP contribution >= 0.6 is 0 Å². The number of ether oxygens (including phenoxy) is 1. The first-order valence-corrected chi connectivity index (χ1v) is 5.46. The van der Waals surface area contributed by atoms with Crippen molar-refractivity contribution in [3.8, 4) is 0 Å². The Kier molecular flexibility index (Phi) is 3.24. The lowest BCUT2D eigenvalue weighted by Crippen LogP contribution is -2.65. The van der Waals surface area contributed by atoms with E-state index < -0.39 is 0 Å². The summed E-state index contributed by atoms with van der Waals surface area (Å²) in [6.45, 7) is 11.6. The molecular formula is C11H24N2O. The second-order valence-electron chi connectivity index (χ2n) is 5.48. The second-order valence-corrected chi connectivity index (χ2v) is 5.48. The van der Waals surface area contributed by atoms with Crippen molar-refractivity contribution in [2.24, 2.45) is 5.84 Å². The van der Waals surface area contributed by atoms with E-state index in [9.17, 15) is 0 Å². The Morgan fingerprint density at radius 3 is 2.00 bits per heavy atom. The number of nitrogens with zero attached hydrogens (tertiary/aromatic N) is 1. The largest absolute Gasteiger partial charge is 0.378 e. The maximum absolute atomic E-state index is 6.13. The molecule has 1 fully saturated rings. The summed E-state index contributed by atoms with van der Waals surface area (Å²) >= 11 is 0. The van der Waals surface area contributed by atoms with Crippen LogP contribution in [0.4, 0.5) is 0 Å². The summed E-state index contributed by atoms with van der Waals surface area (Å²) in [5.74, 6) is 6.13. The normalized spacial score (nSPS) is 27.9. The molecule has 0 atom stereocenters. The molecule has 3 heteroatoms. The third-order valence-electron chi connectivity index (χ3n) is 3.16. The average Bonchev–Trinajstić information content (AvgIpc) is 1.99. The summed E-state index contributed by atoms with van der Waals surface area (Å²) < 4.78 is 5.72. The molecule has 0 unspecified atom stereocenters. The Hall–Kier alpha value is -0.120. The molecule has 0 amide bonds. The van der Waals surface area contributed by atoms with Gasteiger partial charge in [-0.2, -0.15) is 0 Å². The van der Waals surface area contributed by atoms with Crippen LogP contribution in [0.1, 0.15) is 47.5 Å². The van der Waals surface area contributed by atoms with Crippen LogP contribution < -0.4 is 5.84 Å². The lowest BCUT2D eigenvalue weighted by atomic mass is 9.80. The SMILES string of the molecule is CCOC1CC(C)(C)N(N)C(C)(C)C1. The summed E-state index contributed by atoms with van der Waals surface area (Å²) in [5, 5.41) is 1.98. The van der Waals surface area contributed by atoms with Crippen molar-refractivity contribution in [1.82, 2.24) is 5.01 Å². The number of rotatable bonds is 2. The molecule has 0 saturated carbocycles. The third-order valence-corrected chi connectivity index (χ3v) is 3.16. The predicted molar refractivity (Wildman–Crippen MR) is 58.8 cm³/mol. The van der Waals surface area contributed by atoms with Gasteiger partial charge in [0.2, 0.25) is 0 Å². The second kappa shape index (κ2) is 3.80. The van der Waals surface area contributed by atoms with Crippen LogP contribution in [0.5, 0.6) is 0 Å². The quantitative estimate of drug-likeness (QED) is 0.692. The summed E-state index contributed by atoms with van der Waals surface area (Å²) in [7, 11) is 0. The van der Waals surface area contributed by atoms with Gasteiger partial charge >= 0.3 is 0 Å². The molecule has 0 spiro atoms. The van der Waals surface area contributed by atoms with Gasteiger partial charge < -0.3 is 4.74 Å². The summed E-state index contributed by atoms with van der Waals surface area (Å²) in [6, 6.07) is 0. The Bertz CT molecular complexity index is 183. The van der Waals surface area contributed by atoms with Gasteiger partial charge in [-0.15, -0.1) is 0 Å². The molecule has 0 aromatic carbocycles. The monoisotopic (exact) mass is 200 g/mol. The molecular weight excluding hydrogens is 176 g/mol. The van der Waals surface area contributed by atoms with Crippen molar-refractivity contribution >= 4 is 0 Å². The van der Waals surface area contributed by atoms with Gasteiger partial charge in [-0.25, -0.2) is 5.01 Å². The Balaban J connectivity index is 2.75. The van der Waals surface area contributed by atoms with E-state index in [4.69, 9.17) is 10.6 Å². The number of hydrogen-bond acceptors (Lipinski definition) is 3. The first-order chi connectivity index (χ1) is 6.29. The van der Waals surface area contributed by atoms with E-state index in [1.807, 2.05) is 5.01 Å². The fraction of sp³-hybridized carbons (Fsp3) is 1.00. The van der Waals surface area contributed by atoms with Gasteiger partial charge in [0.1, 0.15) is 0 Å². The minimum absolute atomic E-state index is 0.0294. The summed E-state index contributed by atoms with van der Waals surface area (Å²) in [4.78, 5) is 0. The van der Waals surface area contributed by atoms with Crippen molar-refractivity contribution in [3.05, 3.63) is 0 Å². The summed E-state index contributed by atoms with van der Waals surface area (Å²) in [6.07, 6.45) is 2.38. The van der Waals surface area contributed by atoms with Crippen LogP contribution in [0.3, 0.4) is 0 Å².